The van der Waals surface area contributed by atoms with Crippen LogP contribution in [0.2, 0.25) is 0 Å². The SMILES string of the molecule is N#Cc1nccnc1N1CCOCC1C(=O)NC1CC1. The molecular weight excluding hydrogens is 258 g/mol. The van der Waals surface area contributed by atoms with Crippen molar-refractivity contribution in [2.24, 2.45) is 0 Å². The Hall–Kier alpha value is -2.20. The predicted octanol–water partition coefficient (Wildman–Crippen LogP) is -0.168. The minimum absolute atomic E-state index is 0.0678. The fourth-order valence-corrected chi connectivity index (χ4v) is 2.22. The number of ether oxygens (including phenoxy) is 1. The van der Waals surface area contributed by atoms with Crippen LogP contribution in [0.5, 0.6) is 0 Å². The lowest BCUT2D eigenvalue weighted by Crippen LogP contribution is -2.55. The van der Waals surface area contributed by atoms with Crippen LogP contribution in [-0.4, -0.2) is 47.7 Å². The third kappa shape index (κ3) is 2.56. The van der Waals surface area contributed by atoms with Crippen LogP contribution < -0.4 is 10.2 Å². The molecule has 0 spiro atoms. The number of nitrogens with zero attached hydrogens (tertiary/aromatic N) is 4. The van der Waals surface area contributed by atoms with Crippen LogP contribution in [0.3, 0.4) is 0 Å². The van der Waals surface area contributed by atoms with Crippen LogP contribution in [0.25, 0.3) is 0 Å². The molecule has 0 radical (unpaired) electrons. The maximum absolute atomic E-state index is 12.3. The Kier molecular flexibility index (Phi) is 3.48. The van der Waals surface area contributed by atoms with Gasteiger partial charge >= 0.3 is 0 Å². The van der Waals surface area contributed by atoms with Gasteiger partial charge in [0.05, 0.1) is 13.2 Å². The number of aromatic nitrogens is 2. The lowest BCUT2D eigenvalue weighted by Gasteiger charge is -2.35. The maximum atomic E-state index is 12.3. The van der Waals surface area contributed by atoms with Crippen molar-refractivity contribution in [1.29, 1.82) is 5.26 Å². The summed E-state index contributed by atoms with van der Waals surface area (Å²) in [5.41, 5.74) is 0.235. The third-order valence-electron chi connectivity index (χ3n) is 3.41. The monoisotopic (exact) mass is 273 g/mol. The first-order chi connectivity index (χ1) is 9.79. The molecule has 2 aliphatic rings. The van der Waals surface area contributed by atoms with Crippen LogP contribution >= 0.6 is 0 Å². The van der Waals surface area contributed by atoms with Gasteiger partial charge < -0.3 is 15.0 Å². The van der Waals surface area contributed by atoms with Crippen molar-refractivity contribution >= 4 is 11.7 Å². The molecule has 7 heteroatoms. The highest BCUT2D eigenvalue weighted by Gasteiger charge is 2.34. The molecule has 1 unspecified atom stereocenters. The summed E-state index contributed by atoms with van der Waals surface area (Å²) in [6.45, 7) is 1.34. The number of carbonyl (C=O) groups excluding carboxylic acids is 1. The molecule has 1 amide bonds. The molecule has 1 saturated carbocycles. The quantitative estimate of drug-likeness (QED) is 0.822. The molecular formula is C13H15N5O2. The van der Waals surface area contributed by atoms with Crippen molar-refractivity contribution in [2.75, 3.05) is 24.7 Å². The van der Waals surface area contributed by atoms with Crippen molar-refractivity contribution in [3.8, 4) is 6.07 Å². The normalized spacial score (nSPS) is 22.1. The third-order valence-corrected chi connectivity index (χ3v) is 3.41. The molecule has 7 nitrogen and oxygen atoms in total. The molecule has 1 aliphatic carbocycles. The van der Waals surface area contributed by atoms with Gasteiger partial charge in [-0.05, 0) is 12.8 Å². The van der Waals surface area contributed by atoms with Gasteiger partial charge in [0.1, 0.15) is 12.1 Å². The van der Waals surface area contributed by atoms with E-state index in [2.05, 4.69) is 15.3 Å². The number of nitriles is 1. The Morgan fingerprint density at radius 2 is 2.25 bits per heavy atom. The molecule has 0 aromatic carbocycles. The average Bonchev–Trinajstić information content (AvgIpc) is 3.31. The lowest BCUT2D eigenvalue weighted by atomic mass is 10.2. The summed E-state index contributed by atoms with van der Waals surface area (Å²) in [6, 6.07) is 1.86. The summed E-state index contributed by atoms with van der Waals surface area (Å²) in [4.78, 5) is 22.3. The van der Waals surface area contributed by atoms with Crippen LogP contribution in [0, 0.1) is 11.3 Å². The van der Waals surface area contributed by atoms with Gasteiger partial charge in [0.15, 0.2) is 11.5 Å². The summed E-state index contributed by atoms with van der Waals surface area (Å²) >= 11 is 0. The number of morpholine rings is 1. The minimum Gasteiger partial charge on any atom is -0.377 e. The van der Waals surface area contributed by atoms with E-state index in [0.29, 0.717) is 31.6 Å². The molecule has 1 saturated heterocycles. The summed E-state index contributed by atoms with van der Waals surface area (Å²) in [6.07, 6.45) is 5.07. The molecule has 1 aromatic rings. The smallest absolute Gasteiger partial charge is 0.245 e. The van der Waals surface area contributed by atoms with E-state index in [1.807, 2.05) is 11.0 Å². The molecule has 2 heterocycles. The van der Waals surface area contributed by atoms with E-state index >= 15 is 0 Å². The highest BCUT2D eigenvalue weighted by molar-refractivity contribution is 5.86. The number of hydrogen-bond acceptors (Lipinski definition) is 6. The fraction of sp³-hybridized carbons (Fsp3) is 0.538. The van der Waals surface area contributed by atoms with Crippen molar-refractivity contribution < 1.29 is 9.53 Å². The first-order valence-corrected chi connectivity index (χ1v) is 6.65. The van der Waals surface area contributed by atoms with Crippen LogP contribution in [-0.2, 0) is 9.53 Å². The number of hydrogen-bond donors (Lipinski definition) is 1. The molecule has 104 valence electrons. The van der Waals surface area contributed by atoms with Crippen molar-refractivity contribution in [3.63, 3.8) is 0 Å². The second-order valence-electron chi connectivity index (χ2n) is 4.91. The molecule has 1 N–H and O–H groups in total. The van der Waals surface area contributed by atoms with Crippen molar-refractivity contribution in [2.45, 2.75) is 24.9 Å². The molecule has 20 heavy (non-hydrogen) atoms. The lowest BCUT2D eigenvalue weighted by molar-refractivity contribution is -0.124. The van der Waals surface area contributed by atoms with Crippen LogP contribution in [0.4, 0.5) is 5.82 Å². The van der Waals surface area contributed by atoms with Gasteiger partial charge in [0.2, 0.25) is 5.91 Å². The fourth-order valence-electron chi connectivity index (χ4n) is 2.22. The number of nitrogens with one attached hydrogen (secondary N) is 1. The van der Waals surface area contributed by atoms with Crippen LogP contribution in [0.15, 0.2) is 12.4 Å². The summed E-state index contributed by atoms with van der Waals surface area (Å²) in [5, 5.41) is 12.1. The van der Waals surface area contributed by atoms with E-state index in [9.17, 15) is 4.79 Å². The van der Waals surface area contributed by atoms with Gasteiger partial charge in [-0.2, -0.15) is 5.26 Å². The van der Waals surface area contributed by atoms with Gasteiger partial charge in [-0.25, -0.2) is 9.97 Å². The Bertz CT molecular complexity index is 552. The van der Waals surface area contributed by atoms with Crippen molar-refractivity contribution in [3.05, 3.63) is 18.1 Å². The highest BCUT2D eigenvalue weighted by atomic mass is 16.5. The zero-order chi connectivity index (χ0) is 13.9. The number of rotatable bonds is 3. The molecule has 3 rings (SSSR count). The maximum Gasteiger partial charge on any atom is 0.245 e. The highest BCUT2D eigenvalue weighted by Crippen LogP contribution is 2.22. The molecule has 1 aromatic heterocycles. The van der Waals surface area contributed by atoms with E-state index in [4.69, 9.17) is 10.00 Å². The number of carbonyl (C=O) groups is 1. The minimum atomic E-state index is -0.451. The van der Waals surface area contributed by atoms with Gasteiger partial charge in [-0.15, -0.1) is 0 Å². The van der Waals surface area contributed by atoms with E-state index in [0.717, 1.165) is 12.8 Å². The average molecular weight is 273 g/mol. The Balaban J connectivity index is 1.84. The van der Waals surface area contributed by atoms with Crippen molar-refractivity contribution in [1.82, 2.24) is 15.3 Å². The van der Waals surface area contributed by atoms with E-state index < -0.39 is 6.04 Å². The zero-order valence-electron chi connectivity index (χ0n) is 11.0. The van der Waals surface area contributed by atoms with Crippen LogP contribution in [0.1, 0.15) is 18.5 Å². The van der Waals surface area contributed by atoms with Gasteiger partial charge in [-0.3, -0.25) is 4.79 Å². The first-order valence-electron chi connectivity index (χ1n) is 6.65. The molecule has 2 fully saturated rings. The van der Waals surface area contributed by atoms with Gasteiger partial charge in [0, 0.05) is 25.0 Å². The van der Waals surface area contributed by atoms with Gasteiger partial charge in [0.25, 0.3) is 0 Å². The Morgan fingerprint density at radius 3 is 3.00 bits per heavy atom. The summed E-state index contributed by atoms with van der Waals surface area (Å²) < 4.78 is 5.40. The largest absolute Gasteiger partial charge is 0.377 e. The summed E-state index contributed by atoms with van der Waals surface area (Å²) in [7, 11) is 0. The molecule has 1 aliphatic heterocycles. The Labute approximate surface area is 116 Å². The second-order valence-corrected chi connectivity index (χ2v) is 4.91. The molecule has 0 bridgehead atoms. The number of amides is 1. The van der Waals surface area contributed by atoms with E-state index in [1.54, 1.807) is 0 Å². The number of anilines is 1. The first kappa shape index (κ1) is 12.8. The van der Waals surface area contributed by atoms with Gasteiger partial charge in [-0.1, -0.05) is 0 Å². The Morgan fingerprint density at radius 1 is 1.45 bits per heavy atom. The predicted molar refractivity (Wildman–Crippen MR) is 69.9 cm³/mol. The van der Waals surface area contributed by atoms with E-state index in [1.165, 1.54) is 12.4 Å². The molecule has 1 atom stereocenters. The second kappa shape index (κ2) is 5.43. The van der Waals surface area contributed by atoms with E-state index in [-0.39, 0.29) is 11.6 Å². The summed E-state index contributed by atoms with van der Waals surface area (Å²) in [5.74, 6) is 0.385. The standard InChI is InChI=1S/C13H15N5O2/c14-7-10-12(16-4-3-15-10)18-5-6-20-8-11(18)13(19)17-9-1-2-9/h3-4,9,11H,1-2,5-6,8H2,(H,17,19). The zero-order valence-corrected chi connectivity index (χ0v) is 11.0. The topological polar surface area (TPSA) is 91.1 Å².